The molecule has 5 nitrogen and oxygen atoms in total. The monoisotopic (exact) mass is 490 g/mol. The predicted molar refractivity (Wildman–Crippen MR) is 116 cm³/mol. The minimum absolute atomic E-state index is 0.0905. The Morgan fingerprint density at radius 1 is 1.04 bits per heavy atom. The Balaban J connectivity index is 1.92. The van der Waals surface area contributed by atoms with Gasteiger partial charge in [-0.1, -0.05) is 6.07 Å². The first-order valence-corrected chi connectivity index (χ1v) is 10.1. The third-order valence-corrected chi connectivity index (χ3v) is 5.90. The summed E-state index contributed by atoms with van der Waals surface area (Å²) in [6.45, 7) is 0. The van der Waals surface area contributed by atoms with Gasteiger partial charge in [0.25, 0.3) is 5.56 Å². The quantitative estimate of drug-likeness (QED) is 0.388. The Bertz CT molecular complexity index is 1180. The maximum absolute atomic E-state index is 13.2. The van der Waals surface area contributed by atoms with Gasteiger partial charge in [0, 0.05) is 14.5 Å². The summed E-state index contributed by atoms with van der Waals surface area (Å²) in [7, 11) is 3.19. The highest BCUT2D eigenvalue weighted by Gasteiger charge is 2.15. The molecular weight excluding hydrogens is 475 g/mol. The van der Waals surface area contributed by atoms with E-state index < -0.39 is 0 Å². The number of hydrogen-bond donors (Lipinski definition) is 0. The molecule has 0 radical (unpaired) electrons. The Morgan fingerprint density at radius 2 is 1.78 bits per heavy atom. The van der Waals surface area contributed by atoms with E-state index in [0.717, 1.165) is 20.4 Å². The van der Waals surface area contributed by atoms with E-state index in [1.807, 2.05) is 47.8 Å². The lowest BCUT2D eigenvalue weighted by Crippen LogP contribution is -2.18. The molecule has 0 aliphatic heterocycles. The van der Waals surface area contributed by atoms with E-state index in [-0.39, 0.29) is 5.56 Å². The average molecular weight is 490 g/mol. The lowest BCUT2D eigenvalue weighted by Gasteiger charge is -2.10. The van der Waals surface area contributed by atoms with Gasteiger partial charge in [0.2, 0.25) is 0 Å². The molecule has 2 heterocycles. The molecular formula is C20H15IN2O3S. The summed E-state index contributed by atoms with van der Waals surface area (Å²) in [4.78, 5) is 18.4. The van der Waals surface area contributed by atoms with Crippen molar-refractivity contribution in [3.63, 3.8) is 0 Å². The lowest BCUT2D eigenvalue weighted by molar-refractivity contribution is 0.355. The Morgan fingerprint density at radius 3 is 2.48 bits per heavy atom. The Hall–Kier alpha value is -2.39. The molecule has 0 aliphatic carbocycles. The van der Waals surface area contributed by atoms with Gasteiger partial charge in [-0.25, -0.2) is 4.98 Å². The fourth-order valence-electron chi connectivity index (χ4n) is 2.93. The molecule has 0 spiro atoms. The first-order chi connectivity index (χ1) is 13.1. The van der Waals surface area contributed by atoms with Crippen LogP contribution >= 0.6 is 33.9 Å². The SMILES string of the molecule is COc1ccc(-c2csc3ncn(-c4ccc(I)cc4)c(=O)c23)cc1OC. The molecule has 0 aliphatic rings. The van der Waals surface area contributed by atoms with Crippen molar-refractivity contribution >= 4 is 44.1 Å². The highest BCUT2D eigenvalue weighted by molar-refractivity contribution is 14.1. The van der Waals surface area contributed by atoms with Gasteiger partial charge in [0.1, 0.15) is 11.2 Å². The van der Waals surface area contributed by atoms with Crippen molar-refractivity contribution in [1.82, 2.24) is 9.55 Å². The van der Waals surface area contributed by atoms with Crippen molar-refractivity contribution in [2.45, 2.75) is 0 Å². The first kappa shape index (κ1) is 18.0. The van der Waals surface area contributed by atoms with E-state index in [1.54, 1.807) is 25.1 Å². The second-order valence-corrected chi connectivity index (χ2v) is 7.90. The van der Waals surface area contributed by atoms with Crippen molar-refractivity contribution < 1.29 is 9.47 Å². The number of thiophene rings is 1. The van der Waals surface area contributed by atoms with Crippen LogP contribution in [0.4, 0.5) is 0 Å². The van der Waals surface area contributed by atoms with Crippen molar-refractivity contribution in [1.29, 1.82) is 0 Å². The fourth-order valence-corrected chi connectivity index (χ4v) is 4.20. The van der Waals surface area contributed by atoms with Gasteiger partial charge in [0.15, 0.2) is 11.5 Å². The van der Waals surface area contributed by atoms with Crippen LogP contribution in [-0.4, -0.2) is 23.8 Å². The minimum Gasteiger partial charge on any atom is -0.493 e. The zero-order valence-corrected chi connectivity index (χ0v) is 17.6. The smallest absolute Gasteiger partial charge is 0.267 e. The topological polar surface area (TPSA) is 53.4 Å². The third kappa shape index (κ3) is 3.21. The number of halogens is 1. The van der Waals surface area contributed by atoms with Crippen LogP contribution in [0.5, 0.6) is 11.5 Å². The number of methoxy groups -OCH3 is 2. The molecule has 0 saturated carbocycles. The van der Waals surface area contributed by atoms with Gasteiger partial charge in [-0.3, -0.25) is 9.36 Å². The van der Waals surface area contributed by atoms with Gasteiger partial charge < -0.3 is 9.47 Å². The summed E-state index contributed by atoms with van der Waals surface area (Å²) < 4.78 is 13.4. The average Bonchev–Trinajstić information content (AvgIpc) is 3.13. The molecule has 27 heavy (non-hydrogen) atoms. The second kappa shape index (κ2) is 7.32. The number of fused-ring (bicyclic) bond motifs is 1. The van der Waals surface area contributed by atoms with E-state index in [4.69, 9.17) is 9.47 Å². The number of rotatable bonds is 4. The van der Waals surface area contributed by atoms with E-state index in [9.17, 15) is 4.79 Å². The molecule has 0 bridgehead atoms. The molecule has 136 valence electrons. The van der Waals surface area contributed by atoms with Crippen LogP contribution in [0.25, 0.3) is 27.0 Å². The van der Waals surface area contributed by atoms with Gasteiger partial charge in [-0.05, 0) is 64.6 Å². The van der Waals surface area contributed by atoms with Crippen LogP contribution in [0.15, 0.2) is 59.0 Å². The molecule has 7 heteroatoms. The van der Waals surface area contributed by atoms with Crippen LogP contribution in [0.2, 0.25) is 0 Å². The van der Waals surface area contributed by atoms with Crippen LogP contribution in [-0.2, 0) is 0 Å². The molecule has 4 rings (SSSR count). The highest BCUT2D eigenvalue weighted by Crippen LogP contribution is 2.36. The van der Waals surface area contributed by atoms with Crippen molar-refractivity contribution in [3.8, 4) is 28.3 Å². The van der Waals surface area contributed by atoms with Crippen molar-refractivity contribution in [2.24, 2.45) is 0 Å². The summed E-state index contributed by atoms with van der Waals surface area (Å²) in [5.74, 6) is 1.27. The summed E-state index contributed by atoms with van der Waals surface area (Å²) in [6.07, 6.45) is 1.59. The molecule has 0 atom stereocenters. The predicted octanol–water partition coefficient (Wildman–Crippen LogP) is 4.74. The fraction of sp³-hybridized carbons (Fsp3) is 0.100. The molecule has 0 fully saturated rings. The molecule has 0 unspecified atom stereocenters. The number of ether oxygens (including phenoxy) is 2. The summed E-state index contributed by atoms with van der Waals surface area (Å²) in [6, 6.07) is 13.4. The maximum atomic E-state index is 13.2. The van der Waals surface area contributed by atoms with E-state index in [2.05, 4.69) is 27.6 Å². The van der Waals surface area contributed by atoms with E-state index in [0.29, 0.717) is 21.7 Å². The van der Waals surface area contributed by atoms with Gasteiger partial charge >= 0.3 is 0 Å². The minimum atomic E-state index is -0.0905. The first-order valence-electron chi connectivity index (χ1n) is 8.09. The van der Waals surface area contributed by atoms with Crippen LogP contribution in [0, 0.1) is 3.57 Å². The Kier molecular flexibility index (Phi) is 4.88. The summed E-state index contributed by atoms with van der Waals surface area (Å²) in [5, 5.41) is 2.56. The highest BCUT2D eigenvalue weighted by atomic mass is 127. The largest absolute Gasteiger partial charge is 0.493 e. The van der Waals surface area contributed by atoms with Crippen LogP contribution in [0.3, 0.4) is 0 Å². The van der Waals surface area contributed by atoms with E-state index >= 15 is 0 Å². The Labute approximate surface area is 173 Å². The summed E-state index contributed by atoms with van der Waals surface area (Å²) in [5.41, 5.74) is 2.43. The zero-order chi connectivity index (χ0) is 19.0. The molecule has 2 aromatic heterocycles. The van der Waals surface area contributed by atoms with Crippen LogP contribution in [0.1, 0.15) is 0 Å². The van der Waals surface area contributed by atoms with E-state index in [1.165, 1.54) is 11.3 Å². The van der Waals surface area contributed by atoms with Gasteiger partial charge in [-0.2, -0.15) is 0 Å². The molecule has 0 saturated heterocycles. The van der Waals surface area contributed by atoms with Gasteiger partial charge in [0.05, 0.1) is 25.3 Å². The van der Waals surface area contributed by atoms with Crippen molar-refractivity contribution in [2.75, 3.05) is 14.2 Å². The van der Waals surface area contributed by atoms with Crippen molar-refractivity contribution in [3.05, 3.63) is 68.1 Å². The second-order valence-electron chi connectivity index (χ2n) is 5.80. The zero-order valence-electron chi connectivity index (χ0n) is 14.6. The van der Waals surface area contributed by atoms with Crippen LogP contribution < -0.4 is 15.0 Å². The standard InChI is InChI=1S/C20H15IN2O3S/c1-25-16-8-3-12(9-17(16)26-2)15-10-27-19-18(15)20(24)23(11-22-19)14-6-4-13(21)5-7-14/h3-11H,1-2H3. The number of benzene rings is 2. The summed E-state index contributed by atoms with van der Waals surface area (Å²) >= 11 is 3.69. The maximum Gasteiger partial charge on any atom is 0.267 e. The number of aromatic nitrogens is 2. The molecule has 0 N–H and O–H groups in total. The third-order valence-electron chi connectivity index (χ3n) is 4.29. The molecule has 2 aromatic carbocycles. The van der Waals surface area contributed by atoms with Gasteiger partial charge in [-0.15, -0.1) is 11.3 Å². The molecule has 4 aromatic rings. The normalized spacial score (nSPS) is 10.9. The lowest BCUT2D eigenvalue weighted by atomic mass is 10.1. The molecule has 0 amide bonds. The number of hydrogen-bond acceptors (Lipinski definition) is 5. The number of nitrogens with zero attached hydrogens (tertiary/aromatic N) is 2.